The van der Waals surface area contributed by atoms with Gasteiger partial charge in [-0.05, 0) is 35.7 Å². The second kappa shape index (κ2) is 25.2. The Morgan fingerprint density at radius 3 is 2.58 bits per heavy atom. The molecule has 3 rings (SSSR count). The number of unbranched alkanes of at least 4 members (excludes halogenated alkanes) is 1. The van der Waals surface area contributed by atoms with E-state index in [0.29, 0.717) is 17.9 Å². The van der Waals surface area contributed by atoms with Crippen LogP contribution in [-0.4, -0.2) is 112 Å². The van der Waals surface area contributed by atoms with E-state index in [2.05, 4.69) is 55.7 Å². The quantitative estimate of drug-likeness (QED) is 0.0176. The van der Waals surface area contributed by atoms with Crippen molar-refractivity contribution < 1.29 is 79.7 Å². The summed E-state index contributed by atoms with van der Waals surface area (Å²) in [6, 6.07) is 6.41. The average Bonchev–Trinajstić information content (AvgIpc) is 3.59. The van der Waals surface area contributed by atoms with Gasteiger partial charge in [-0.15, -0.1) is 0 Å². The molecule has 1 aliphatic rings. The molecule has 0 aliphatic carbocycles. The summed E-state index contributed by atoms with van der Waals surface area (Å²) in [5.41, 5.74) is 15.7. The van der Waals surface area contributed by atoms with E-state index in [9.17, 15) is 42.7 Å². The summed E-state index contributed by atoms with van der Waals surface area (Å²) in [6.45, 7) is -0.140. The molecule has 2 amide bonds. The van der Waals surface area contributed by atoms with Crippen LogP contribution in [0.15, 0.2) is 50.3 Å². The van der Waals surface area contributed by atoms with Gasteiger partial charge in [0.2, 0.25) is 5.91 Å². The highest BCUT2D eigenvalue weighted by Crippen LogP contribution is 2.66. The summed E-state index contributed by atoms with van der Waals surface area (Å²) in [5, 5.41) is 11.9. The topological polar surface area (TPSA) is 417 Å². The van der Waals surface area contributed by atoms with Crippen molar-refractivity contribution in [1.29, 1.82) is 0 Å². The summed E-state index contributed by atoms with van der Waals surface area (Å²) < 4.78 is 74.9. The summed E-state index contributed by atoms with van der Waals surface area (Å²) in [6.07, 6.45) is -2.41. The lowest BCUT2D eigenvalue weighted by molar-refractivity contribution is -0.126. The monoisotopic (exact) mass is 938 g/mol. The Labute approximate surface area is 349 Å². The zero-order chi connectivity index (χ0) is 45.8. The highest BCUT2D eigenvalue weighted by molar-refractivity contribution is 7.66. The first-order valence-corrected chi connectivity index (χ1v) is 22.3. The van der Waals surface area contributed by atoms with Gasteiger partial charge in [-0.2, -0.15) is 8.62 Å². The Bertz CT molecular complexity index is 2280. The van der Waals surface area contributed by atoms with Crippen molar-refractivity contribution in [1.82, 2.24) is 20.2 Å². The minimum atomic E-state index is -5.83. The van der Waals surface area contributed by atoms with Crippen LogP contribution in [0.2, 0.25) is 0 Å². The third-order valence-electron chi connectivity index (χ3n) is 7.54. The van der Waals surface area contributed by atoms with Crippen LogP contribution >= 0.6 is 23.5 Å². The van der Waals surface area contributed by atoms with E-state index in [0.717, 1.165) is 23.6 Å². The predicted octanol–water partition coefficient (Wildman–Crippen LogP) is 1.57. The van der Waals surface area contributed by atoms with Crippen LogP contribution in [0.1, 0.15) is 48.3 Å². The molecule has 32 heteroatoms. The van der Waals surface area contributed by atoms with Gasteiger partial charge in [0.15, 0.2) is 6.23 Å². The van der Waals surface area contributed by atoms with Gasteiger partial charge >= 0.3 is 29.2 Å². The van der Waals surface area contributed by atoms with Crippen molar-refractivity contribution in [3.63, 3.8) is 0 Å². The molecule has 1 aromatic heterocycles. The van der Waals surface area contributed by atoms with Crippen molar-refractivity contribution >= 4 is 35.3 Å². The van der Waals surface area contributed by atoms with Gasteiger partial charge < -0.3 is 53.9 Å². The molecule has 0 radical (unpaired) electrons. The van der Waals surface area contributed by atoms with Crippen LogP contribution < -0.4 is 26.6 Å². The van der Waals surface area contributed by atoms with E-state index >= 15 is 0 Å². The van der Waals surface area contributed by atoms with Crippen LogP contribution in [0, 0.1) is 11.8 Å². The number of rotatable bonds is 26. The van der Waals surface area contributed by atoms with E-state index in [-0.39, 0.29) is 44.3 Å². The Hall–Kier alpha value is -4.93. The molecule has 6 atom stereocenters. The molecule has 1 aromatic carbocycles. The zero-order valence-corrected chi connectivity index (χ0v) is 35.0. The lowest BCUT2D eigenvalue weighted by Crippen LogP contribution is -2.34. The number of hydrogen-bond acceptors (Lipinski definition) is 17. The number of nitrogens with zero attached hydrogens (tertiary/aromatic N) is 7. The van der Waals surface area contributed by atoms with E-state index in [1.165, 1.54) is 6.07 Å². The molecule has 0 spiro atoms. The van der Waals surface area contributed by atoms with Gasteiger partial charge in [-0.1, -0.05) is 41.5 Å². The fourth-order valence-electron chi connectivity index (χ4n) is 4.90. The molecule has 29 nitrogen and oxygen atoms in total. The third kappa shape index (κ3) is 19.0. The Kier molecular flexibility index (Phi) is 20.9. The highest BCUT2D eigenvalue weighted by Gasteiger charge is 2.43. The molecule has 1 fully saturated rings. The van der Waals surface area contributed by atoms with Gasteiger partial charge in [-0.25, -0.2) is 18.5 Å². The summed E-state index contributed by atoms with van der Waals surface area (Å²) in [7, 11) is -17.1. The predicted molar refractivity (Wildman–Crippen MR) is 207 cm³/mol. The number of carbonyl (C=O) groups is 2. The summed E-state index contributed by atoms with van der Waals surface area (Å²) in [4.78, 5) is 93.6. The van der Waals surface area contributed by atoms with E-state index in [4.69, 9.17) is 44.5 Å². The van der Waals surface area contributed by atoms with Crippen LogP contribution in [0.5, 0.6) is 5.75 Å². The largest absolute Gasteiger partial charge is 0.491 e. The molecule has 340 valence electrons. The Morgan fingerprint density at radius 2 is 1.87 bits per heavy atom. The number of nitrogens with one attached hydrogen (secondary N) is 3. The number of carbonyl (C=O) groups excluding carboxylic acids is 2. The normalized spacial score (nSPS) is 18.4. The number of amides is 2. The van der Waals surface area contributed by atoms with Crippen LogP contribution in [0.4, 0.5) is 0 Å². The number of benzene rings is 1. The van der Waals surface area contributed by atoms with E-state index in [1.54, 1.807) is 18.2 Å². The zero-order valence-electron chi connectivity index (χ0n) is 32.4. The number of aromatic amines is 1. The maximum Gasteiger partial charge on any atom is 0.490 e. The first-order valence-electron chi connectivity index (χ1n) is 17.8. The van der Waals surface area contributed by atoms with Gasteiger partial charge in [0.1, 0.15) is 43.6 Å². The first kappa shape index (κ1) is 51.4. The smallest absolute Gasteiger partial charge is 0.490 e. The third-order valence-corrected chi connectivity index (χ3v) is 11.3. The molecule has 7 N–H and O–H groups in total. The fraction of sp³-hybridized carbons (Fsp3) is 0.533. The summed E-state index contributed by atoms with van der Waals surface area (Å²) in [5.74, 6) is 4.47. The van der Waals surface area contributed by atoms with Crippen molar-refractivity contribution in [2.24, 2.45) is 10.2 Å². The molecule has 2 heterocycles. The Morgan fingerprint density at radius 1 is 1.10 bits per heavy atom. The molecule has 4 unspecified atom stereocenters. The van der Waals surface area contributed by atoms with Crippen LogP contribution in [0.3, 0.4) is 0 Å². The van der Waals surface area contributed by atoms with Crippen molar-refractivity contribution in [2.45, 2.75) is 50.8 Å². The SMILES string of the molecule is CCCCNC(=O)c1cccc(OCC(N=[N+]=[N-])OCCOCC(=O)NCC#Cc2cn([C@H]3CC(OCN=[N+]=[N-])[C@@H](COP(=O)(O)OP(=O)(O)OP(=O)(O)O)O3)c(=O)[nH]c2=O)c1. The van der Waals surface area contributed by atoms with E-state index in [1.807, 2.05) is 11.9 Å². The number of ether oxygens (including phenoxy) is 5. The van der Waals surface area contributed by atoms with Crippen LogP contribution in [0.25, 0.3) is 20.9 Å². The average molecular weight is 939 g/mol. The molecular weight excluding hydrogens is 897 g/mol. The lowest BCUT2D eigenvalue weighted by Gasteiger charge is -2.20. The Balaban J connectivity index is 1.50. The molecule has 2 aromatic rings. The van der Waals surface area contributed by atoms with Gasteiger partial charge in [-0.3, -0.25) is 28.5 Å². The van der Waals surface area contributed by atoms with Gasteiger partial charge in [0.25, 0.3) is 11.5 Å². The number of phosphoric acid groups is 3. The van der Waals surface area contributed by atoms with Crippen molar-refractivity contribution in [3.8, 4) is 17.6 Å². The molecular formula is C30H41N10O19P3. The van der Waals surface area contributed by atoms with Crippen molar-refractivity contribution in [2.75, 3.05) is 52.9 Å². The minimum Gasteiger partial charge on any atom is -0.491 e. The van der Waals surface area contributed by atoms with Crippen LogP contribution in [-0.2, 0) is 50.6 Å². The number of H-pyrrole nitrogens is 1. The summed E-state index contributed by atoms with van der Waals surface area (Å²) >= 11 is 0. The first-order chi connectivity index (χ1) is 29.3. The number of azide groups is 2. The van der Waals surface area contributed by atoms with Crippen molar-refractivity contribution in [3.05, 3.63) is 83.3 Å². The number of aromatic nitrogens is 2. The second-order valence-corrected chi connectivity index (χ2v) is 16.6. The number of phosphoric ester groups is 1. The minimum absolute atomic E-state index is 0.0965. The number of hydrogen-bond donors (Lipinski definition) is 7. The lowest BCUT2D eigenvalue weighted by atomic mass is 10.2. The second-order valence-electron chi connectivity index (χ2n) is 12.1. The molecule has 1 aliphatic heterocycles. The maximum atomic E-state index is 12.7. The molecule has 1 saturated heterocycles. The fourth-order valence-corrected chi connectivity index (χ4v) is 7.93. The standard InChI is InChI=1S/C30H41N10O19P3/c1-2-3-9-34-28(42)20-6-4-8-22(13-20)54-18-26(37-39-32)53-12-11-52-17-25(41)33-10-5-7-21-15-40(30(44)36-29(21)43)27-14-23(55-19-35-38-31)24(57-27)16-56-61(48,49)59-62(50,51)58-60(45,46)47/h4,6,8,13,15,23-24,26-27H,2-3,9-12,14,16-19H2,1H3,(H,33,41)(H,34,42)(H,48,49)(H,50,51)(H,36,43,44)(H2,45,46,47)/t23?,24-,26?,27-/m1/s1. The molecule has 62 heavy (non-hydrogen) atoms. The van der Waals surface area contributed by atoms with E-state index < -0.39 is 85.2 Å². The molecule has 0 bridgehead atoms. The maximum absolute atomic E-state index is 12.7. The highest BCUT2D eigenvalue weighted by atomic mass is 31.3. The van der Waals surface area contributed by atoms with Gasteiger partial charge in [0, 0.05) is 34.5 Å². The van der Waals surface area contributed by atoms with Gasteiger partial charge in [0.05, 0.1) is 32.5 Å². The molecule has 0 saturated carbocycles.